The third-order valence-corrected chi connectivity index (χ3v) is 4.86. The molecule has 6 heteroatoms. The minimum atomic E-state index is -0.247. The van der Waals surface area contributed by atoms with E-state index in [1.807, 2.05) is 49.4 Å². The normalized spacial score (nSPS) is 10.7. The minimum Gasteiger partial charge on any atom is -0.337 e. The zero-order chi connectivity index (χ0) is 16.2. The molecule has 0 spiro atoms. The van der Waals surface area contributed by atoms with E-state index in [0.29, 0.717) is 16.7 Å². The van der Waals surface area contributed by atoms with Crippen LogP contribution in [0, 0.1) is 6.92 Å². The second kappa shape index (κ2) is 6.98. The average Bonchev–Trinajstić information content (AvgIpc) is 2.95. The molecule has 2 N–H and O–H groups in total. The number of amides is 2. The first-order chi connectivity index (χ1) is 11.1. The summed E-state index contributed by atoms with van der Waals surface area (Å²) in [4.78, 5) is 16.4. The third kappa shape index (κ3) is 3.81. The lowest BCUT2D eigenvalue weighted by atomic mass is 10.1. The highest BCUT2D eigenvalue weighted by molar-refractivity contribution is 7.22. The molecular weight excluding hydrogens is 330 g/mol. The van der Waals surface area contributed by atoms with Gasteiger partial charge in [-0.3, -0.25) is 5.32 Å². The van der Waals surface area contributed by atoms with Gasteiger partial charge in [-0.25, -0.2) is 9.78 Å². The van der Waals surface area contributed by atoms with Gasteiger partial charge in [-0.2, -0.15) is 0 Å². The lowest BCUT2D eigenvalue weighted by molar-refractivity contribution is 0.252. The summed E-state index contributed by atoms with van der Waals surface area (Å²) in [5, 5.41) is 6.87. The van der Waals surface area contributed by atoms with Gasteiger partial charge in [0.25, 0.3) is 0 Å². The monoisotopic (exact) mass is 345 g/mol. The van der Waals surface area contributed by atoms with E-state index in [9.17, 15) is 4.79 Å². The van der Waals surface area contributed by atoms with Crippen LogP contribution in [-0.4, -0.2) is 17.6 Å². The molecule has 0 saturated carbocycles. The molecule has 0 aliphatic heterocycles. The van der Waals surface area contributed by atoms with Crippen LogP contribution in [0.4, 0.5) is 9.93 Å². The molecule has 3 aromatic rings. The maximum atomic E-state index is 11.9. The maximum Gasteiger partial charge on any atom is 0.321 e. The van der Waals surface area contributed by atoms with Crippen LogP contribution in [0.2, 0.25) is 5.02 Å². The van der Waals surface area contributed by atoms with Gasteiger partial charge in [0.1, 0.15) is 0 Å². The topological polar surface area (TPSA) is 54.0 Å². The first-order valence-corrected chi connectivity index (χ1v) is 8.47. The Morgan fingerprint density at radius 1 is 1.22 bits per heavy atom. The molecule has 2 aromatic carbocycles. The van der Waals surface area contributed by atoms with E-state index in [2.05, 4.69) is 15.6 Å². The van der Waals surface area contributed by atoms with E-state index in [4.69, 9.17) is 11.6 Å². The predicted octanol–water partition coefficient (Wildman–Crippen LogP) is 4.62. The number of urea groups is 1. The van der Waals surface area contributed by atoms with E-state index in [1.54, 1.807) is 0 Å². The number of hydrogen-bond acceptors (Lipinski definition) is 3. The second-order valence-corrected chi connectivity index (χ2v) is 6.59. The molecule has 0 unspecified atom stereocenters. The van der Waals surface area contributed by atoms with Crippen molar-refractivity contribution in [1.29, 1.82) is 0 Å². The second-order valence-electron chi connectivity index (χ2n) is 5.15. The molecule has 4 nitrogen and oxygen atoms in total. The van der Waals surface area contributed by atoms with E-state index in [1.165, 1.54) is 16.9 Å². The highest BCUT2D eigenvalue weighted by Crippen LogP contribution is 2.31. The molecule has 0 aliphatic carbocycles. The van der Waals surface area contributed by atoms with Crippen molar-refractivity contribution in [3.05, 3.63) is 58.6 Å². The summed E-state index contributed by atoms with van der Waals surface area (Å²) in [6.07, 6.45) is 0.794. The number of nitrogens with zero attached hydrogens (tertiary/aromatic N) is 1. The maximum absolute atomic E-state index is 11.9. The molecule has 23 heavy (non-hydrogen) atoms. The van der Waals surface area contributed by atoms with Crippen LogP contribution in [0.25, 0.3) is 10.2 Å². The number of halogens is 1. The number of fused-ring (bicyclic) bond motifs is 1. The predicted molar refractivity (Wildman–Crippen MR) is 96.5 cm³/mol. The van der Waals surface area contributed by atoms with Crippen molar-refractivity contribution in [3.63, 3.8) is 0 Å². The summed E-state index contributed by atoms with van der Waals surface area (Å²) in [5.74, 6) is 0. The van der Waals surface area contributed by atoms with Gasteiger partial charge in [-0.05, 0) is 36.6 Å². The van der Waals surface area contributed by atoms with Crippen molar-refractivity contribution in [3.8, 4) is 0 Å². The highest BCUT2D eigenvalue weighted by atomic mass is 35.5. The average molecular weight is 346 g/mol. The lowest BCUT2D eigenvalue weighted by Gasteiger charge is -2.05. The van der Waals surface area contributed by atoms with Crippen LogP contribution in [0.15, 0.2) is 42.5 Å². The van der Waals surface area contributed by atoms with Crippen LogP contribution in [0.5, 0.6) is 0 Å². The fraction of sp³-hybridized carbons (Fsp3) is 0.176. The van der Waals surface area contributed by atoms with Crippen molar-refractivity contribution in [2.75, 3.05) is 11.9 Å². The molecule has 118 valence electrons. The van der Waals surface area contributed by atoms with Crippen LogP contribution in [0.1, 0.15) is 11.1 Å². The van der Waals surface area contributed by atoms with E-state index in [0.717, 1.165) is 22.2 Å². The molecule has 0 fully saturated rings. The number of benzene rings is 2. The first kappa shape index (κ1) is 15.8. The number of nitrogens with one attached hydrogen (secondary N) is 2. The molecular formula is C17H16ClN3OS. The zero-order valence-electron chi connectivity index (χ0n) is 12.6. The van der Waals surface area contributed by atoms with Crippen molar-refractivity contribution in [2.45, 2.75) is 13.3 Å². The number of aromatic nitrogens is 1. The number of hydrogen-bond donors (Lipinski definition) is 2. The largest absolute Gasteiger partial charge is 0.337 e. The lowest BCUT2D eigenvalue weighted by Crippen LogP contribution is -2.30. The van der Waals surface area contributed by atoms with Gasteiger partial charge < -0.3 is 5.32 Å². The summed E-state index contributed by atoms with van der Waals surface area (Å²) >= 11 is 7.53. The van der Waals surface area contributed by atoms with Crippen LogP contribution in [0.3, 0.4) is 0 Å². The Balaban J connectivity index is 1.58. The fourth-order valence-corrected chi connectivity index (χ4v) is 3.33. The summed E-state index contributed by atoms with van der Waals surface area (Å²) in [6, 6.07) is 13.6. The first-order valence-electron chi connectivity index (χ1n) is 7.28. The van der Waals surface area contributed by atoms with Crippen molar-refractivity contribution < 1.29 is 4.79 Å². The fourth-order valence-electron chi connectivity index (χ4n) is 2.26. The molecule has 0 aliphatic rings. The Hall–Kier alpha value is -2.11. The molecule has 1 heterocycles. The number of anilines is 1. The van der Waals surface area contributed by atoms with E-state index in [-0.39, 0.29) is 6.03 Å². The van der Waals surface area contributed by atoms with E-state index >= 15 is 0 Å². The Morgan fingerprint density at radius 2 is 2.00 bits per heavy atom. The molecule has 0 radical (unpaired) electrons. The summed E-state index contributed by atoms with van der Waals surface area (Å²) in [6.45, 7) is 2.50. The number of rotatable bonds is 4. The van der Waals surface area contributed by atoms with Gasteiger partial charge in [0.2, 0.25) is 0 Å². The molecule has 0 bridgehead atoms. The number of thiazole rings is 1. The standard InChI is InChI=1S/C17H16ClN3OS/c1-11-13(18)7-8-14-15(11)20-17(23-14)21-16(22)19-10-9-12-5-3-2-4-6-12/h2-8H,9-10H2,1H3,(H2,19,20,21,22). The van der Waals surface area contributed by atoms with Gasteiger partial charge in [0.15, 0.2) is 5.13 Å². The Bertz CT molecular complexity index is 832. The SMILES string of the molecule is Cc1c(Cl)ccc2sc(NC(=O)NCCc3ccccc3)nc12. The van der Waals surface area contributed by atoms with Crippen molar-refractivity contribution >= 4 is 44.3 Å². The van der Waals surface area contributed by atoms with Crippen LogP contribution >= 0.6 is 22.9 Å². The van der Waals surface area contributed by atoms with Crippen LogP contribution in [-0.2, 0) is 6.42 Å². The summed E-state index contributed by atoms with van der Waals surface area (Å²) in [5.41, 5.74) is 2.96. The molecule has 3 rings (SSSR count). The summed E-state index contributed by atoms with van der Waals surface area (Å²) in [7, 11) is 0. The van der Waals surface area contributed by atoms with E-state index < -0.39 is 0 Å². The van der Waals surface area contributed by atoms with Crippen LogP contribution < -0.4 is 10.6 Å². The number of aryl methyl sites for hydroxylation is 1. The van der Waals surface area contributed by atoms with Gasteiger partial charge in [-0.1, -0.05) is 53.3 Å². The third-order valence-electron chi connectivity index (χ3n) is 3.51. The van der Waals surface area contributed by atoms with Gasteiger partial charge in [0, 0.05) is 11.6 Å². The Kier molecular flexibility index (Phi) is 4.79. The molecule has 0 atom stereocenters. The number of carbonyl (C=O) groups excluding carboxylic acids is 1. The van der Waals surface area contributed by atoms with Gasteiger partial charge in [-0.15, -0.1) is 0 Å². The van der Waals surface area contributed by atoms with Crippen molar-refractivity contribution in [2.24, 2.45) is 0 Å². The summed E-state index contributed by atoms with van der Waals surface area (Å²) < 4.78 is 1.01. The molecule has 0 saturated heterocycles. The van der Waals surface area contributed by atoms with Crippen molar-refractivity contribution in [1.82, 2.24) is 10.3 Å². The highest BCUT2D eigenvalue weighted by Gasteiger charge is 2.10. The quantitative estimate of drug-likeness (QED) is 0.724. The molecule has 1 aromatic heterocycles. The number of carbonyl (C=O) groups is 1. The Labute approximate surface area is 143 Å². The van der Waals surface area contributed by atoms with Gasteiger partial charge in [0.05, 0.1) is 10.2 Å². The molecule has 2 amide bonds. The minimum absolute atomic E-state index is 0.247. The smallest absolute Gasteiger partial charge is 0.321 e. The zero-order valence-corrected chi connectivity index (χ0v) is 14.2. The van der Waals surface area contributed by atoms with Gasteiger partial charge >= 0.3 is 6.03 Å². The Morgan fingerprint density at radius 3 is 2.78 bits per heavy atom.